The number of para-hydroxylation sites is 1. The molecule has 25 heavy (non-hydrogen) atoms. The van der Waals surface area contributed by atoms with Crippen LogP contribution in [0.3, 0.4) is 0 Å². The molecule has 0 aliphatic carbocycles. The second-order valence-corrected chi connectivity index (χ2v) is 7.33. The van der Waals surface area contributed by atoms with E-state index in [1.807, 2.05) is 18.4 Å². The van der Waals surface area contributed by atoms with Crippen molar-refractivity contribution < 1.29 is 9.59 Å². The molecule has 1 heterocycles. The van der Waals surface area contributed by atoms with E-state index in [2.05, 4.69) is 11.4 Å². The van der Waals surface area contributed by atoms with Gasteiger partial charge in [0.05, 0.1) is 22.3 Å². The Hall–Kier alpha value is -1.56. The van der Waals surface area contributed by atoms with Crippen LogP contribution in [0.15, 0.2) is 35.7 Å². The number of likely N-dealkylation sites (N-methyl/N-ethyl adjacent to an activating group) is 1. The molecule has 0 aliphatic rings. The molecule has 2 aromatic rings. The van der Waals surface area contributed by atoms with Gasteiger partial charge in [-0.15, -0.1) is 11.3 Å². The van der Waals surface area contributed by atoms with Crippen LogP contribution in [0.1, 0.15) is 24.6 Å². The van der Waals surface area contributed by atoms with E-state index in [9.17, 15) is 9.59 Å². The molecule has 0 fully saturated rings. The SMILES string of the molecule is CCN(CC(=O)Nc1c(Cl)cccc1Cl)C(=O)CCCc1cccs1. The van der Waals surface area contributed by atoms with E-state index < -0.39 is 0 Å². The minimum absolute atomic E-state index is 0.0180. The van der Waals surface area contributed by atoms with Crippen molar-refractivity contribution in [2.75, 3.05) is 18.4 Å². The number of benzene rings is 1. The molecule has 0 radical (unpaired) electrons. The summed E-state index contributed by atoms with van der Waals surface area (Å²) in [5.41, 5.74) is 0.372. The number of nitrogens with zero attached hydrogens (tertiary/aromatic N) is 1. The Morgan fingerprint density at radius 3 is 2.48 bits per heavy atom. The lowest BCUT2D eigenvalue weighted by Crippen LogP contribution is -2.37. The maximum absolute atomic E-state index is 12.3. The van der Waals surface area contributed by atoms with Crippen LogP contribution in [-0.2, 0) is 16.0 Å². The van der Waals surface area contributed by atoms with E-state index >= 15 is 0 Å². The van der Waals surface area contributed by atoms with Gasteiger partial charge < -0.3 is 10.2 Å². The number of thiophene rings is 1. The standard InChI is InChI=1S/C18H20Cl2N2O2S/c1-2-22(17(24)10-3-6-13-7-5-11-25-13)12-16(23)21-18-14(19)8-4-9-15(18)20/h4-5,7-9,11H,2-3,6,10,12H2,1H3,(H,21,23). The maximum atomic E-state index is 12.3. The Morgan fingerprint density at radius 2 is 1.88 bits per heavy atom. The van der Waals surface area contributed by atoms with Crippen molar-refractivity contribution in [1.82, 2.24) is 4.90 Å². The van der Waals surface area contributed by atoms with Crippen molar-refractivity contribution in [3.63, 3.8) is 0 Å². The molecule has 0 aliphatic heterocycles. The summed E-state index contributed by atoms with van der Waals surface area (Å²) in [4.78, 5) is 27.4. The highest BCUT2D eigenvalue weighted by Crippen LogP contribution is 2.29. The predicted molar refractivity (Wildman–Crippen MR) is 105 cm³/mol. The summed E-state index contributed by atoms with van der Waals surface area (Å²) >= 11 is 13.8. The lowest BCUT2D eigenvalue weighted by molar-refractivity contribution is -0.134. The molecule has 7 heteroatoms. The van der Waals surface area contributed by atoms with Crippen molar-refractivity contribution in [3.8, 4) is 0 Å². The van der Waals surface area contributed by atoms with Crippen LogP contribution >= 0.6 is 34.5 Å². The predicted octanol–water partition coefficient (Wildman–Crippen LogP) is 4.86. The summed E-state index contributed by atoms with van der Waals surface area (Å²) in [5, 5.41) is 5.44. The molecule has 1 aromatic carbocycles. The van der Waals surface area contributed by atoms with E-state index in [-0.39, 0.29) is 18.4 Å². The summed E-state index contributed by atoms with van der Waals surface area (Å²) < 4.78 is 0. The highest BCUT2D eigenvalue weighted by molar-refractivity contribution is 7.09. The highest BCUT2D eigenvalue weighted by atomic mass is 35.5. The molecule has 0 atom stereocenters. The van der Waals surface area contributed by atoms with Crippen LogP contribution in [0.25, 0.3) is 0 Å². The Kier molecular flexibility index (Phi) is 7.75. The lowest BCUT2D eigenvalue weighted by atomic mass is 10.2. The van der Waals surface area contributed by atoms with Gasteiger partial charge in [0, 0.05) is 17.8 Å². The monoisotopic (exact) mass is 398 g/mol. The average Bonchev–Trinajstić information content (AvgIpc) is 3.09. The van der Waals surface area contributed by atoms with Crippen molar-refractivity contribution in [3.05, 3.63) is 50.6 Å². The number of rotatable bonds is 8. The third kappa shape index (κ3) is 6.03. The average molecular weight is 399 g/mol. The smallest absolute Gasteiger partial charge is 0.244 e. The van der Waals surface area contributed by atoms with Crippen molar-refractivity contribution in [1.29, 1.82) is 0 Å². The number of carbonyl (C=O) groups is 2. The zero-order chi connectivity index (χ0) is 18.2. The molecule has 0 spiro atoms. The first-order valence-corrected chi connectivity index (χ1v) is 9.68. The number of hydrogen-bond donors (Lipinski definition) is 1. The fourth-order valence-corrected chi connectivity index (χ4v) is 3.62. The van der Waals surface area contributed by atoms with E-state index in [4.69, 9.17) is 23.2 Å². The number of halogens is 2. The summed E-state index contributed by atoms with van der Waals surface area (Å²) in [7, 11) is 0. The molecule has 0 unspecified atom stereocenters. The fraction of sp³-hybridized carbons (Fsp3) is 0.333. The van der Waals surface area contributed by atoms with Gasteiger partial charge in [0.25, 0.3) is 0 Å². The number of anilines is 1. The Morgan fingerprint density at radius 1 is 1.16 bits per heavy atom. The third-order valence-corrected chi connectivity index (χ3v) is 5.26. The van der Waals surface area contributed by atoms with Crippen molar-refractivity contribution in [2.24, 2.45) is 0 Å². The number of carbonyl (C=O) groups excluding carboxylic acids is 2. The zero-order valence-corrected chi connectivity index (χ0v) is 16.3. The van der Waals surface area contributed by atoms with Gasteiger partial charge in [0.2, 0.25) is 11.8 Å². The summed E-state index contributed by atoms with van der Waals surface area (Å²) in [5.74, 6) is -0.345. The second kappa shape index (κ2) is 9.80. The van der Waals surface area contributed by atoms with Gasteiger partial charge in [-0.05, 0) is 43.3 Å². The van der Waals surface area contributed by atoms with E-state index in [0.29, 0.717) is 28.7 Å². The summed E-state index contributed by atoms with van der Waals surface area (Å²) in [6, 6.07) is 9.07. The van der Waals surface area contributed by atoms with E-state index in [0.717, 1.165) is 12.8 Å². The molecule has 4 nitrogen and oxygen atoms in total. The summed E-state index contributed by atoms with van der Waals surface area (Å²) in [6.07, 6.45) is 2.07. The third-order valence-electron chi connectivity index (χ3n) is 3.69. The Bertz CT molecular complexity index is 700. The molecule has 1 N–H and O–H groups in total. The van der Waals surface area contributed by atoms with Crippen LogP contribution in [-0.4, -0.2) is 29.8 Å². The number of nitrogens with one attached hydrogen (secondary N) is 1. The van der Waals surface area contributed by atoms with Crippen LogP contribution in [0.2, 0.25) is 10.0 Å². The molecule has 0 saturated carbocycles. The van der Waals surface area contributed by atoms with E-state index in [1.165, 1.54) is 9.78 Å². The summed E-state index contributed by atoms with van der Waals surface area (Å²) in [6.45, 7) is 2.31. The molecular formula is C18H20Cl2N2O2S. The maximum Gasteiger partial charge on any atom is 0.244 e. The van der Waals surface area contributed by atoms with Crippen molar-refractivity contribution >= 4 is 52.0 Å². The Labute approximate surface area is 161 Å². The van der Waals surface area contributed by atoms with Crippen LogP contribution in [0, 0.1) is 0 Å². The molecule has 0 saturated heterocycles. The first kappa shape index (κ1) is 19.8. The number of amides is 2. The van der Waals surface area contributed by atoms with Gasteiger partial charge in [-0.3, -0.25) is 9.59 Å². The minimum Gasteiger partial charge on any atom is -0.334 e. The normalized spacial score (nSPS) is 10.5. The molecule has 2 amide bonds. The first-order chi connectivity index (χ1) is 12.0. The van der Waals surface area contributed by atoms with Gasteiger partial charge in [-0.2, -0.15) is 0 Å². The van der Waals surface area contributed by atoms with E-state index in [1.54, 1.807) is 29.5 Å². The van der Waals surface area contributed by atoms with Crippen LogP contribution in [0.5, 0.6) is 0 Å². The van der Waals surface area contributed by atoms with Gasteiger partial charge in [0.1, 0.15) is 0 Å². The Balaban J connectivity index is 1.85. The molecule has 2 rings (SSSR count). The second-order valence-electron chi connectivity index (χ2n) is 5.49. The van der Waals surface area contributed by atoms with Gasteiger partial charge >= 0.3 is 0 Å². The van der Waals surface area contributed by atoms with Gasteiger partial charge in [-0.25, -0.2) is 0 Å². The van der Waals surface area contributed by atoms with Gasteiger partial charge in [0.15, 0.2) is 0 Å². The van der Waals surface area contributed by atoms with Crippen LogP contribution < -0.4 is 5.32 Å². The molecule has 1 aromatic heterocycles. The fourth-order valence-electron chi connectivity index (χ4n) is 2.37. The topological polar surface area (TPSA) is 49.4 Å². The zero-order valence-electron chi connectivity index (χ0n) is 13.9. The highest BCUT2D eigenvalue weighted by Gasteiger charge is 2.17. The van der Waals surface area contributed by atoms with Crippen molar-refractivity contribution in [2.45, 2.75) is 26.2 Å². The minimum atomic E-state index is -0.316. The molecule has 0 bridgehead atoms. The lowest BCUT2D eigenvalue weighted by Gasteiger charge is -2.20. The number of hydrogen-bond acceptors (Lipinski definition) is 3. The van der Waals surface area contributed by atoms with Gasteiger partial charge in [-0.1, -0.05) is 35.3 Å². The first-order valence-electron chi connectivity index (χ1n) is 8.05. The molecule has 134 valence electrons. The quantitative estimate of drug-likeness (QED) is 0.689. The number of aryl methyl sites for hydroxylation is 1. The largest absolute Gasteiger partial charge is 0.334 e. The van der Waals surface area contributed by atoms with Crippen LogP contribution in [0.4, 0.5) is 5.69 Å². The molecular weight excluding hydrogens is 379 g/mol.